The number of H-pyrrole nitrogens is 1. The number of fused-ring (bicyclic) bond motifs is 3. The maximum Gasteiger partial charge on any atom is 0.264 e. The fourth-order valence-electron chi connectivity index (χ4n) is 6.58. The first-order chi connectivity index (χ1) is 20.8. The van der Waals surface area contributed by atoms with Crippen molar-refractivity contribution in [1.82, 2.24) is 9.88 Å². The lowest BCUT2D eigenvalue weighted by Gasteiger charge is -2.27. The molecule has 2 amide bonds. The van der Waals surface area contributed by atoms with Gasteiger partial charge >= 0.3 is 0 Å². The Kier molecular flexibility index (Phi) is 6.94. The number of aromatic amines is 1. The van der Waals surface area contributed by atoms with Crippen LogP contribution in [0, 0.1) is 0 Å². The summed E-state index contributed by atoms with van der Waals surface area (Å²) in [5.74, 6) is -0.320. The standard InChI is InChI=1S/C32H32N4O6S/c37-29-7-3-5-26-31(29)22(9-11-30(38)35-14-16-42-17-15-35)27(33-26)19-24-23-18-21(8-10-25(23)34-32(24)39)43(40,41)36-13-12-20-4-1-2-6-28(20)36/h1-2,4,6,8,10,18-19,33H,3,5,7,9,11-17H2,(H,34,39)/b24-19-. The minimum atomic E-state index is -3.87. The van der Waals surface area contributed by atoms with Crippen LogP contribution in [-0.4, -0.2) is 68.7 Å². The molecule has 1 aliphatic carbocycles. The number of ether oxygens (including phenoxy) is 1. The summed E-state index contributed by atoms with van der Waals surface area (Å²) in [7, 11) is -3.87. The molecule has 2 N–H and O–H groups in total. The molecule has 1 aromatic heterocycles. The van der Waals surface area contributed by atoms with Gasteiger partial charge in [0.05, 0.1) is 29.4 Å². The van der Waals surface area contributed by atoms with E-state index in [-0.39, 0.29) is 28.9 Å². The number of aryl methyl sites for hydroxylation is 1. The first-order valence-corrected chi connectivity index (χ1v) is 16.2. The van der Waals surface area contributed by atoms with Crippen LogP contribution in [0.1, 0.15) is 57.7 Å². The summed E-state index contributed by atoms with van der Waals surface area (Å²) in [4.78, 5) is 44.5. The van der Waals surface area contributed by atoms with Crippen molar-refractivity contribution < 1.29 is 27.5 Å². The second kappa shape index (κ2) is 10.8. The number of anilines is 2. The molecule has 4 heterocycles. The number of ketones is 1. The van der Waals surface area contributed by atoms with Crippen molar-refractivity contribution >= 4 is 50.6 Å². The number of amides is 2. The van der Waals surface area contributed by atoms with E-state index in [1.807, 2.05) is 24.3 Å². The largest absolute Gasteiger partial charge is 0.378 e. The minimum Gasteiger partial charge on any atom is -0.378 e. The first-order valence-electron chi connectivity index (χ1n) is 14.7. The Hall–Kier alpha value is -4.22. The normalized spacial score (nSPS) is 18.9. The molecule has 0 spiro atoms. The average Bonchev–Trinajstić information content (AvgIpc) is 3.70. The maximum absolute atomic E-state index is 13.8. The number of hydrogen-bond donors (Lipinski definition) is 2. The number of benzene rings is 2. The third kappa shape index (κ3) is 4.86. The van der Waals surface area contributed by atoms with Gasteiger partial charge in [-0.1, -0.05) is 18.2 Å². The number of hydrogen-bond acceptors (Lipinski definition) is 6. The number of nitrogens with zero attached hydrogens (tertiary/aromatic N) is 2. The number of rotatable bonds is 6. The van der Waals surface area contributed by atoms with Crippen LogP contribution in [0.4, 0.5) is 11.4 Å². The van der Waals surface area contributed by atoms with Crippen LogP contribution in [-0.2, 0) is 43.6 Å². The zero-order valence-corrected chi connectivity index (χ0v) is 24.5. The van der Waals surface area contributed by atoms with Gasteiger partial charge in [-0.3, -0.25) is 18.7 Å². The van der Waals surface area contributed by atoms with Gasteiger partial charge in [0, 0.05) is 60.7 Å². The van der Waals surface area contributed by atoms with Crippen molar-refractivity contribution in [2.45, 2.75) is 43.4 Å². The second-order valence-electron chi connectivity index (χ2n) is 11.3. The van der Waals surface area contributed by atoms with E-state index in [4.69, 9.17) is 4.74 Å². The summed E-state index contributed by atoms with van der Waals surface area (Å²) in [5.41, 5.74) is 5.74. The van der Waals surface area contributed by atoms with Crippen molar-refractivity contribution in [2.24, 2.45) is 0 Å². The van der Waals surface area contributed by atoms with E-state index < -0.39 is 10.0 Å². The number of nitrogens with one attached hydrogen (secondary N) is 2. The van der Waals surface area contributed by atoms with E-state index >= 15 is 0 Å². The Labute approximate surface area is 249 Å². The number of carbonyl (C=O) groups is 3. The smallest absolute Gasteiger partial charge is 0.264 e. The summed E-state index contributed by atoms with van der Waals surface area (Å²) in [6, 6.07) is 12.2. The quantitative estimate of drug-likeness (QED) is 0.417. The summed E-state index contributed by atoms with van der Waals surface area (Å²) in [6.07, 6.45) is 4.80. The Balaban J connectivity index is 1.24. The molecular formula is C32H32N4O6S. The van der Waals surface area contributed by atoms with Gasteiger partial charge in [0.1, 0.15) is 0 Å². The van der Waals surface area contributed by atoms with Gasteiger partial charge in [0.25, 0.3) is 15.9 Å². The van der Waals surface area contributed by atoms with Crippen LogP contribution in [0.3, 0.4) is 0 Å². The summed E-state index contributed by atoms with van der Waals surface area (Å²) in [6.45, 7) is 2.47. The number of carbonyl (C=O) groups excluding carboxylic acids is 3. The van der Waals surface area contributed by atoms with Crippen molar-refractivity contribution in [3.63, 3.8) is 0 Å². The number of sulfonamides is 1. The van der Waals surface area contributed by atoms with E-state index in [1.165, 1.54) is 10.4 Å². The summed E-state index contributed by atoms with van der Waals surface area (Å²) in [5, 5.41) is 2.85. The van der Waals surface area contributed by atoms with E-state index in [1.54, 1.807) is 23.1 Å². The van der Waals surface area contributed by atoms with Crippen LogP contribution >= 0.6 is 0 Å². The Morgan fingerprint density at radius 1 is 1.00 bits per heavy atom. The maximum atomic E-state index is 13.8. The monoisotopic (exact) mass is 600 g/mol. The highest BCUT2D eigenvalue weighted by Gasteiger charge is 2.34. The van der Waals surface area contributed by atoms with Gasteiger partial charge < -0.3 is 19.9 Å². The second-order valence-corrected chi connectivity index (χ2v) is 13.2. The molecule has 0 atom stereocenters. The number of Topliss-reactive ketones (excluding diaryl/α,β-unsaturated/α-hetero) is 1. The van der Waals surface area contributed by atoms with E-state index in [0.29, 0.717) is 92.3 Å². The molecule has 222 valence electrons. The molecule has 11 heteroatoms. The van der Waals surface area contributed by atoms with Crippen LogP contribution < -0.4 is 9.62 Å². The molecule has 3 aliphatic heterocycles. The summed E-state index contributed by atoms with van der Waals surface area (Å²) >= 11 is 0. The van der Waals surface area contributed by atoms with Crippen LogP contribution in [0.5, 0.6) is 0 Å². The molecule has 4 aliphatic rings. The van der Waals surface area contributed by atoms with Gasteiger partial charge in [-0.05, 0) is 67.2 Å². The highest BCUT2D eigenvalue weighted by molar-refractivity contribution is 7.92. The fraction of sp³-hybridized carbons (Fsp3) is 0.344. The SMILES string of the molecule is O=C1Nc2ccc(S(=O)(=O)N3CCc4ccccc43)cc2/C1=C/c1[nH]c2c(c1CCC(=O)N1CCOCC1)C(=O)CCC2. The molecule has 1 fully saturated rings. The lowest BCUT2D eigenvalue weighted by Crippen LogP contribution is -2.40. The highest BCUT2D eigenvalue weighted by atomic mass is 32.2. The Bertz CT molecular complexity index is 1800. The third-order valence-electron chi connectivity index (χ3n) is 8.77. The van der Waals surface area contributed by atoms with E-state index in [0.717, 1.165) is 23.2 Å². The molecular weight excluding hydrogens is 568 g/mol. The average molecular weight is 601 g/mol. The Morgan fingerprint density at radius 3 is 2.65 bits per heavy atom. The number of morpholine rings is 1. The topological polar surface area (TPSA) is 129 Å². The first kappa shape index (κ1) is 27.6. The Morgan fingerprint density at radius 2 is 1.81 bits per heavy atom. The van der Waals surface area contributed by atoms with E-state index in [9.17, 15) is 22.8 Å². The van der Waals surface area contributed by atoms with E-state index in [2.05, 4.69) is 10.3 Å². The molecule has 0 radical (unpaired) electrons. The highest BCUT2D eigenvalue weighted by Crippen LogP contribution is 2.39. The van der Waals surface area contributed by atoms with Gasteiger partial charge in [-0.2, -0.15) is 0 Å². The molecule has 2 aromatic carbocycles. The van der Waals surface area contributed by atoms with Crippen molar-refractivity contribution in [3.05, 3.63) is 76.1 Å². The van der Waals surface area contributed by atoms with Crippen LogP contribution in [0.15, 0.2) is 47.4 Å². The van der Waals surface area contributed by atoms with Crippen molar-refractivity contribution in [2.75, 3.05) is 42.5 Å². The molecule has 7 rings (SSSR count). The fourth-order valence-corrected chi connectivity index (χ4v) is 8.11. The van der Waals surface area contributed by atoms with Gasteiger partial charge in [-0.15, -0.1) is 0 Å². The molecule has 0 unspecified atom stereocenters. The van der Waals surface area contributed by atoms with Gasteiger partial charge in [0.2, 0.25) is 5.91 Å². The molecule has 1 saturated heterocycles. The van der Waals surface area contributed by atoms with Crippen molar-refractivity contribution in [1.29, 1.82) is 0 Å². The molecule has 43 heavy (non-hydrogen) atoms. The zero-order valence-electron chi connectivity index (χ0n) is 23.6. The lowest BCUT2D eigenvalue weighted by molar-refractivity contribution is -0.135. The predicted molar refractivity (Wildman–Crippen MR) is 161 cm³/mol. The zero-order chi connectivity index (χ0) is 29.7. The van der Waals surface area contributed by atoms with Crippen LogP contribution in [0.2, 0.25) is 0 Å². The number of para-hydroxylation sites is 1. The number of aromatic nitrogens is 1. The molecule has 10 nitrogen and oxygen atoms in total. The van der Waals surface area contributed by atoms with Gasteiger partial charge in [0.15, 0.2) is 5.78 Å². The third-order valence-corrected chi connectivity index (χ3v) is 10.6. The molecule has 0 bridgehead atoms. The lowest BCUT2D eigenvalue weighted by atomic mass is 9.91. The van der Waals surface area contributed by atoms with Gasteiger partial charge in [-0.25, -0.2) is 8.42 Å². The molecule has 3 aromatic rings. The predicted octanol–water partition coefficient (Wildman–Crippen LogP) is 3.57. The molecule has 0 saturated carbocycles. The minimum absolute atomic E-state index is 0.00222. The van der Waals surface area contributed by atoms with Crippen molar-refractivity contribution in [3.8, 4) is 0 Å². The summed E-state index contributed by atoms with van der Waals surface area (Å²) < 4.78 is 34.3. The van der Waals surface area contributed by atoms with Crippen LogP contribution in [0.25, 0.3) is 11.6 Å².